The second-order valence-corrected chi connectivity index (χ2v) is 7.32. The number of likely N-dealkylation sites (N-methyl/N-ethyl adjacent to an activating group) is 1. The van der Waals surface area contributed by atoms with Crippen molar-refractivity contribution in [3.05, 3.63) is 52.3 Å². The summed E-state index contributed by atoms with van der Waals surface area (Å²) < 4.78 is 0. The summed E-state index contributed by atoms with van der Waals surface area (Å²) in [6.45, 7) is 11.0. The Morgan fingerprint density at radius 1 is 1.18 bits per heavy atom. The molecule has 0 aliphatic carbocycles. The number of nitrogens with two attached hydrogens (primary N) is 1. The van der Waals surface area contributed by atoms with Crippen LogP contribution in [0.1, 0.15) is 38.8 Å². The maximum absolute atomic E-state index is 10.4. The number of allylic oxidation sites excluding steroid dienone is 1. The van der Waals surface area contributed by atoms with Crippen molar-refractivity contribution in [1.82, 2.24) is 14.9 Å². The largest absolute Gasteiger partial charge is 0.390 e. The van der Waals surface area contributed by atoms with Gasteiger partial charge < -0.3 is 21.1 Å². The van der Waals surface area contributed by atoms with Gasteiger partial charge in [-0.25, -0.2) is 9.97 Å². The lowest BCUT2D eigenvalue weighted by molar-refractivity contribution is 0.128. The summed E-state index contributed by atoms with van der Waals surface area (Å²) in [5, 5.41) is 14.3. The molecule has 0 saturated carbocycles. The summed E-state index contributed by atoms with van der Waals surface area (Å²) >= 11 is 6.04. The average Bonchev–Trinajstić information content (AvgIpc) is 2.67. The Morgan fingerprint density at radius 2 is 1.82 bits per heavy atom. The number of aliphatic hydroxyl groups is 1. The van der Waals surface area contributed by atoms with E-state index in [0.29, 0.717) is 29.7 Å². The van der Waals surface area contributed by atoms with Gasteiger partial charge in [0.1, 0.15) is 18.0 Å². The van der Waals surface area contributed by atoms with Gasteiger partial charge in [0, 0.05) is 18.1 Å². The molecule has 0 aliphatic rings. The van der Waals surface area contributed by atoms with Gasteiger partial charge in [-0.1, -0.05) is 43.2 Å². The topological polar surface area (TPSA) is 87.3 Å². The Hall–Kier alpha value is -2.15. The highest BCUT2D eigenvalue weighted by Gasteiger charge is 2.18. The van der Waals surface area contributed by atoms with E-state index in [1.165, 1.54) is 6.33 Å². The van der Waals surface area contributed by atoms with Crippen molar-refractivity contribution in [2.24, 2.45) is 0 Å². The molecular formula is C21H30ClN5O. The number of nitrogens with one attached hydrogen (secondary N) is 1. The first-order valence-corrected chi connectivity index (χ1v) is 9.93. The zero-order chi connectivity index (χ0) is 20.7. The Kier molecular flexibility index (Phi) is 8.23. The summed E-state index contributed by atoms with van der Waals surface area (Å²) in [6, 6.07) is 7.60. The van der Waals surface area contributed by atoms with Gasteiger partial charge in [-0.2, -0.15) is 0 Å². The number of hydrogen-bond donors (Lipinski definition) is 3. The third kappa shape index (κ3) is 5.67. The van der Waals surface area contributed by atoms with Gasteiger partial charge in [-0.3, -0.25) is 0 Å². The van der Waals surface area contributed by atoms with Crippen molar-refractivity contribution < 1.29 is 5.11 Å². The van der Waals surface area contributed by atoms with E-state index in [1.54, 1.807) is 0 Å². The summed E-state index contributed by atoms with van der Waals surface area (Å²) in [6.07, 6.45) is 0.914. The Balaban J connectivity index is 2.32. The van der Waals surface area contributed by atoms with Crippen molar-refractivity contribution in [1.29, 1.82) is 0 Å². The van der Waals surface area contributed by atoms with Crippen LogP contribution in [-0.2, 0) is 0 Å². The molecule has 1 heterocycles. The first-order chi connectivity index (χ1) is 13.4. The molecule has 1 aromatic carbocycles. The van der Waals surface area contributed by atoms with Crippen molar-refractivity contribution in [3.63, 3.8) is 0 Å². The molecule has 6 nitrogen and oxygen atoms in total. The predicted molar refractivity (Wildman–Crippen MR) is 118 cm³/mol. The second kappa shape index (κ2) is 10.4. The quantitative estimate of drug-likeness (QED) is 0.592. The van der Waals surface area contributed by atoms with E-state index in [9.17, 15) is 5.11 Å². The van der Waals surface area contributed by atoms with Gasteiger partial charge in [-0.15, -0.1) is 0 Å². The van der Waals surface area contributed by atoms with Crippen LogP contribution in [-0.4, -0.2) is 52.3 Å². The minimum Gasteiger partial charge on any atom is -0.390 e. The van der Waals surface area contributed by atoms with E-state index >= 15 is 0 Å². The lowest BCUT2D eigenvalue weighted by atomic mass is 9.94. The van der Waals surface area contributed by atoms with Crippen LogP contribution < -0.4 is 11.1 Å². The number of aliphatic hydroxyl groups excluding tert-OH is 1. The summed E-state index contributed by atoms with van der Waals surface area (Å²) in [7, 11) is 0. The molecule has 4 N–H and O–H groups in total. The number of aromatic nitrogens is 2. The highest BCUT2D eigenvalue weighted by atomic mass is 35.5. The molecule has 1 aromatic heterocycles. The Morgan fingerprint density at radius 3 is 2.39 bits per heavy atom. The van der Waals surface area contributed by atoms with Gasteiger partial charge in [0.15, 0.2) is 0 Å². The predicted octanol–water partition coefficient (Wildman–Crippen LogP) is 3.67. The van der Waals surface area contributed by atoms with Gasteiger partial charge in [0.05, 0.1) is 11.7 Å². The molecule has 0 bridgehead atoms. The van der Waals surface area contributed by atoms with Crippen LogP contribution in [0.3, 0.4) is 0 Å². The second-order valence-electron chi connectivity index (χ2n) is 6.88. The number of nitrogens with zero attached hydrogens (tertiary/aromatic N) is 3. The van der Waals surface area contributed by atoms with Crippen LogP contribution >= 0.6 is 11.6 Å². The Labute approximate surface area is 172 Å². The summed E-state index contributed by atoms with van der Waals surface area (Å²) in [5.41, 5.74) is 9.99. The normalized spacial score (nSPS) is 12.1. The van der Waals surface area contributed by atoms with E-state index in [2.05, 4.69) is 34.0 Å². The van der Waals surface area contributed by atoms with E-state index in [1.807, 2.05) is 38.1 Å². The van der Waals surface area contributed by atoms with E-state index in [-0.39, 0.29) is 0 Å². The highest BCUT2D eigenvalue weighted by Crippen LogP contribution is 2.34. The third-order valence-corrected chi connectivity index (χ3v) is 4.88. The lowest BCUT2D eigenvalue weighted by Gasteiger charge is -2.23. The molecule has 0 fully saturated rings. The number of anilines is 2. The maximum atomic E-state index is 10.4. The standard InChI is InChI=1S/C21H30ClN5O/c1-5-27(6-2)12-17(28)11-24-21-19(20(23)25-13-26-21)18(14(3)4)15-7-9-16(22)10-8-15/h7-10,13,17,28H,5-6,11-12H2,1-4H3,(H3,23,24,25,26)/t17-/m0/s1. The number of rotatable bonds is 9. The fourth-order valence-corrected chi connectivity index (χ4v) is 3.26. The number of benzene rings is 1. The Bertz CT molecular complexity index is 799. The zero-order valence-electron chi connectivity index (χ0n) is 17.0. The van der Waals surface area contributed by atoms with Crippen LogP contribution in [0, 0.1) is 0 Å². The molecule has 2 rings (SSSR count). The van der Waals surface area contributed by atoms with Crippen molar-refractivity contribution in [2.75, 3.05) is 37.2 Å². The molecule has 0 radical (unpaired) electrons. The van der Waals surface area contributed by atoms with Gasteiger partial charge >= 0.3 is 0 Å². The van der Waals surface area contributed by atoms with Gasteiger partial charge in [0.25, 0.3) is 0 Å². The van der Waals surface area contributed by atoms with Crippen molar-refractivity contribution >= 4 is 28.8 Å². The minimum absolute atomic E-state index is 0.372. The van der Waals surface area contributed by atoms with Crippen LogP contribution in [0.2, 0.25) is 5.02 Å². The number of hydrogen-bond acceptors (Lipinski definition) is 6. The van der Waals surface area contributed by atoms with Crippen LogP contribution in [0.25, 0.3) is 5.57 Å². The maximum Gasteiger partial charge on any atom is 0.139 e. The van der Waals surface area contributed by atoms with Gasteiger partial charge in [-0.05, 0) is 50.2 Å². The fourth-order valence-electron chi connectivity index (χ4n) is 3.14. The zero-order valence-corrected chi connectivity index (χ0v) is 17.8. The first kappa shape index (κ1) is 22.1. The molecule has 152 valence electrons. The first-order valence-electron chi connectivity index (χ1n) is 9.55. The third-order valence-electron chi connectivity index (χ3n) is 4.63. The molecule has 28 heavy (non-hydrogen) atoms. The average molecular weight is 404 g/mol. The SMILES string of the molecule is CCN(CC)C[C@@H](O)CNc1ncnc(N)c1C(=C(C)C)c1ccc(Cl)cc1. The summed E-state index contributed by atoms with van der Waals surface area (Å²) in [4.78, 5) is 10.8. The molecule has 2 aromatic rings. The molecule has 0 unspecified atom stereocenters. The molecule has 0 amide bonds. The van der Waals surface area contributed by atoms with Crippen molar-refractivity contribution in [3.8, 4) is 0 Å². The molecule has 0 aliphatic heterocycles. The fraction of sp³-hybridized carbons (Fsp3) is 0.429. The smallest absolute Gasteiger partial charge is 0.139 e. The lowest BCUT2D eigenvalue weighted by Crippen LogP contribution is -2.36. The van der Waals surface area contributed by atoms with E-state index in [0.717, 1.165) is 35.4 Å². The van der Waals surface area contributed by atoms with Crippen molar-refractivity contribution in [2.45, 2.75) is 33.8 Å². The van der Waals surface area contributed by atoms with E-state index in [4.69, 9.17) is 17.3 Å². The highest BCUT2D eigenvalue weighted by molar-refractivity contribution is 6.30. The monoisotopic (exact) mass is 403 g/mol. The van der Waals surface area contributed by atoms with Crippen LogP contribution in [0.15, 0.2) is 36.2 Å². The van der Waals surface area contributed by atoms with Crippen LogP contribution in [0.5, 0.6) is 0 Å². The molecule has 0 spiro atoms. The molecule has 0 saturated heterocycles. The summed E-state index contributed by atoms with van der Waals surface area (Å²) in [5.74, 6) is 0.999. The molecular weight excluding hydrogens is 374 g/mol. The number of nitrogen functional groups attached to an aromatic ring is 1. The molecule has 7 heteroatoms. The van der Waals surface area contributed by atoms with Gasteiger partial charge in [0.2, 0.25) is 0 Å². The number of halogens is 1. The van der Waals surface area contributed by atoms with Crippen LogP contribution in [0.4, 0.5) is 11.6 Å². The van der Waals surface area contributed by atoms with E-state index < -0.39 is 6.10 Å². The molecule has 1 atom stereocenters. The minimum atomic E-state index is -0.519.